The van der Waals surface area contributed by atoms with E-state index in [0.29, 0.717) is 0 Å². The molecule has 52 valence electrons. The molecule has 0 aromatic heterocycles. The van der Waals surface area contributed by atoms with Crippen molar-refractivity contribution in [2.45, 2.75) is 20.3 Å². The lowest BCUT2D eigenvalue weighted by Crippen LogP contribution is -2.26. The Hall–Kier alpha value is -0.530. The monoisotopic (exact) mass is 126 g/mol. The standard InChI is InChI=1S/C7H14N2/c1-3-5-9-6-4-8-7(9)2/h3-6H2,1-2H3. The van der Waals surface area contributed by atoms with Gasteiger partial charge in [-0.25, -0.2) is 0 Å². The van der Waals surface area contributed by atoms with Gasteiger partial charge >= 0.3 is 0 Å². The van der Waals surface area contributed by atoms with Crippen molar-refractivity contribution in [1.29, 1.82) is 0 Å². The summed E-state index contributed by atoms with van der Waals surface area (Å²) in [4.78, 5) is 6.61. The number of rotatable bonds is 2. The van der Waals surface area contributed by atoms with Gasteiger partial charge in [0, 0.05) is 13.1 Å². The van der Waals surface area contributed by atoms with Gasteiger partial charge in [-0.15, -0.1) is 0 Å². The molecule has 2 heteroatoms. The Morgan fingerprint density at radius 2 is 2.44 bits per heavy atom. The summed E-state index contributed by atoms with van der Waals surface area (Å²) in [6.45, 7) is 7.61. The van der Waals surface area contributed by atoms with Crippen molar-refractivity contribution in [3.05, 3.63) is 0 Å². The lowest BCUT2D eigenvalue weighted by atomic mass is 10.4. The molecule has 0 saturated carbocycles. The molecule has 1 aliphatic heterocycles. The van der Waals surface area contributed by atoms with Crippen molar-refractivity contribution in [2.75, 3.05) is 19.6 Å². The fourth-order valence-electron chi connectivity index (χ4n) is 1.14. The summed E-state index contributed by atoms with van der Waals surface area (Å²) in [7, 11) is 0. The van der Waals surface area contributed by atoms with Crippen LogP contribution in [0, 0.1) is 0 Å². The predicted octanol–water partition coefficient (Wildman–Crippen LogP) is 1.13. The van der Waals surface area contributed by atoms with E-state index in [4.69, 9.17) is 0 Å². The first kappa shape index (κ1) is 6.59. The summed E-state index contributed by atoms with van der Waals surface area (Å²) in [5.41, 5.74) is 0. The third kappa shape index (κ3) is 1.44. The van der Waals surface area contributed by atoms with Crippen LogP contribution in [0.25, 0.3) is 0 Å². The van der Waals surface area contributed by atoms with Gasteiger partial charge in [0.05, 0.1) is 12.4 Å². The molecule has 0 aliphatic carbocycles. The topological polar surface area (TPSA) is 15.6 Å². The van der Waals surface area contributed by atoms with Gasteiger partial charge in [0.1, 0.15) is 0 Å². The molecular weight excluding hydrogens is 112 g/mol. The summed E-state index contributed by atoms with van der Waals surface area (Å²) in [6, 6.07) is 0. The first-order chi connectivity index (χ1) is 4.34. The second-order valence-electron chi connectivity index (χ2n) is 2.42. The van der Waals surface area contributed by atoms with E-state index >= 15 is 0 Å². The zero-order chi connectivity index (χ0) is 6.69. The Balaban J connectivity index is 2.34. The van der Waals surface area contributed by atoms with Crippen LogP contribution in [0.1, 0.15) is 20.3 Å². The minimum absolute atomic E-state index is 1.01. The number of hydrogen-bond acceptors (Lipinski definition) is 2. The minimum Gasteiger partial charge on any atom is -0.359 e. The van der Waals surface area contributed by atoms with Crippen molar-refractivity contribution in [1.82, 2.24) is 4.90 Å². The number of aliphatic imine (C=N–C) groups is 1. The molecule has 1 rings (SSSR count). The SMILES string of the molecule is CCCN1CCN=C1C. The third-order valence-electron chi connectivity index (χ3n) is 1.66. The van der Waals surface area contributed by atoms with E-state index in [0.717, 1.165) is 13.1 Å². The summed E-state index contributed by atoms with van der Waals surface area (Å²) in [6.07, 6.45) is 1.23. The average molecular weight is 126 g/mol. The van der Waals surface area contributed by atoms with Gasteiger partial charge < -0.3 is 4.90 Å². The smallest absolute Gasteiger partial charge is 0.0958 e. The molecule has 0 fully saturated rings. The second kappa shape index (κ2) is 2.85. The summed E-state index contributed by atoms with van der Waals surface area (Å²) < 4.78 is 0. The van der Waals surface area contributed by atoms with Crippen LogP contribution in [0.15, 0.2) is 4.99 Å². The van der Waals surface area contributed by atoms with E-state index in [1.807, 2.05) is 0 Å². The molecule has 0 spiro atoms. The van der Waals surface area contributed by atoms with E-state index < -0.39 is 0 Å². The van der Waals surface area contributed by atoms with Gasteiger partial charge in [-0.1, -0.05) is 6.92 Å². The van der Waals surface area contributed by atoms with E-state index in [1.54, 1.807) is 0 Å². The molecule has 0 atom stereocenters. The number of nitrogens with zero attached hydrogens (tertiary/aromatic N) is 2. The normalized spacial score (nSPS) is 18.4. The molecular formula is C7H14N2. The first-order valence-corrected chi connectivity index (χ1v) is 3.60. The fourth-order valence-corrected chi connectivity index (χ4v) is 1.14. The Bertz CT molecular complexity index is 118. The van der Waals surface area contributed by atoms with E-state index in [-0.39, 0.29) is 0 Å². The van der Waals surface area contributed by atoms with Gasteiger partial charge in [0.25, 0.3) is 0 Å². The highest BCUT2D eigenvalue weighted by Gasteiger charge is 2.09. The summed E-state index contributed by atoms with van der Waals surface area (Å²) in [5, 5.41) is 0. The van der Waals surface area contributed by atoms with Crippen LogP contribution in [0.5, 0.6) is 0 Å². The third-order valence-corrected chi connectivity index (χ3v) is 1.66. The highest BCUT2D eigenvalue weighted by atomic mass is 15.2. The van der Waals surface area contributed by atoms with Crippen molar-refractivity contribution in [2.24, 2.45) is 4.99 Å². The van der Waals surface area contributed by atoms with Crippen molar-refractivity contribution in [3.8, 4) is 0 Å². The molecule has 0 saturated heterocycles. The number of hydrogen-bond donors (Lipinski definition) is 0. The van der Waals surface area contributed by atoms with Gasteiger partial charge in [-0.3, -0.25) is 4.99 Å². The maximum atomic E-state index is 4.28. The lowest BCUT2D eigenvalue weighted by molar-refractivity contribution is 0.453. The summed E-state index contributed by atoms with van der Waals surface area (Å²) >= 11 is 0. The molecule has 1 heterocycles. The second-order valence-corrected chi connectivity index (χ2v) is 2.42. The van der Waals surface area contributed by atoms with Crippen molar-refractivity contribution < 1.29 is 0 Å². The molecule has 0 amide bonds. The van der Waals surface area contributed by atoms with Crippen LogP contribution in [0.4, 0.5) is 0 Å². The van der Waals surface area contributed by atoms with E-state index in [9.17, 15) is 0 Å². The minimum atomic E-state index is 1.01. The summed E-state index contributed by atoms with van der Waals surface area (Å²) in [5.74, 6) is 1.22. The Morgan fingerprint density at radius 3 is 2.89 bits per heavy atom. The Morgan fingerprint density at radius 1 is 1.67 bits per heavy atom. The molecule has 0 unspecified atom stereocenters. The van der Waals surface area contributed by atoms with Crippen molar-refractivity contribution in [3.63, 3.8) is 0 Å². The van der Waals surface area contributed by atoms with Crippen LogP contribution in [-0.4, -0.2) is 30.4 Å². The van der Waals surface area contributed by atoms with Gasteiger partial charge in [-0.2, -0.15) is 0 Å². The molecule has 0 aromatic carbocycles. The van der Waals surface area contributed by atoms with E-state index in [1.165, 1.54) is 18.8 Å². The maximum absolute atomic E-state index is 4.28. The van der Waals surface area contributed by atoms with Crippen LogP contribution in [0.2, 0.25) is 0 Å². The maximum Gasteiger partial charge on any atom is 0.0958 e. The quantitative estimate of drug-likeness (QED) is 0.541. The van der Waals surface area contributed by atoms with Crippen LogP contribution >= 0.6 is 0 Å². The molecule has 0 N–H and O–H groups in total. The van der Waals surface area contributed by atoms with E-state index in [2.05, 4.69) is 23.7 Å². The highest BCUT2D eigenvalue weighted by Crippen LogP contribution is 2.00. The zero-order valence-corrected chi connectivity index (χ0v) is 6.22. The van der Waals surface area contributed by atoms with Gasteiger partial charge in [0.2, 0.25) is 0 Å². The van der Waals surface area contributed by atoms with Gasteiger partial charge in [0.15, 0.2) is 0 Å². The Kier molecular flexibility index (Phi) is 2.09. The molecule has 2 nitrogen and oxygen atoms in total. The molecule has 0 bridgehead atoms. The van der Waals surface area contributed by atoms with Crippen LogP contribution in [0.3, 0.4) is 0 Å². The van der Waals surface area contributed by atoms with Crippen LogP contribution in [-0.2, 0) is 0 Å². The molecule has 9 heavy (non-hydrogen) atoms. The first-order valence-electron chi connectivity index (χ1n) is 3.60. The van der Waals surface area contributed by atoms with Gasteiger partial charge in [-0.05, 0) is 13.3 Å². The van der Waals surface area contributed by atoms with Crippen LogP contribution < -0.4 is 0 Å². The number of amidine groups is 1. The predicted molar refractivity (Wildman–Crippen MR) is 39.8 cm³/mol. The largest absolute Gasteiger partial charge is 0.359 e. The zero-order valence-electron chi connectivity index (χ0n) is 6.22. The lowest BCUT2D eigenvalue weighted by Gasteiger charge is -2.15. The highest BCUT2D eigenvalue weighted by molar-refractivity contribution is 5.81. The molecule has 0 radical (unpaired) electrons. The average Bonchev–Trinajstić information content (AvgIpc) is 2.18. The fraction of sp³-hybridized carbons (Fsp3) is 0.857. The van der Waals surface area contributed by atoms with Crippen molar-refractivity contribution >= 4 is 5.84 Å². The Labute approximate surface area is 56.6 Å². The molecule has 1 aliphatic rings. The molecule has 0 aromatic rings.